The quantitative estimate of drug-likeness (QED) is 0.627. The van der Waals surface area contributed by atoms with Gasteiger partial charge in [-0.3, -0.25) is 9.10 Å². The second-order valence-electron chi connectivity index (χ2n) is 6.21. The first-order chi connectivity index (χ1) is 13.8. The zero-order chi connectivity index (χ0) is 21.0. The van der Waals surface area contributed by atoms with Crippen LogP contribution in [0.25, 0.3) is 11.4 Å². The van der Waals surface area contributed by atoms with Crippen LogP contribution in [-0.2, 0) is 16.6 Å². The molecule has 0 unspecified atom stereocenters. The summed E-state index contributed by atoms with van der Waals surface area (Å²) < 4.78 is 34.8. The Labute approximate surface area is 168 Å². The van der Waals surface area contributed by atoms with Crippen LogP contribution in [0.5, 0.6) is 5.75 Å². The van der Waals surface area contributed by atoms with Gasteiger partial charge in [0.2, 0.25) is 21.7 Å². The molecular formula is C19H20N4O5S. The minimum absolute atomic E-state index is 0.0297. The summed E-state index contributed by atoms with van der Waals surface area (Å²) in [5.74, 6) is 0.890. The van der Waals surface area contributed by atoms with E-state index in [1.165, 1.54) is 13.1 Å². The lowest BCUT2D eigenvalue weighted by Gasteiger charge is -2.17. The lowest BCUT2D eigenvalue weighted by Crippen LogP contribution is -2.26. The minimum atomic E-state index is -3.42. The maximum atomic E-state index is 12.4. The molecule has 0 aliphatic carbocycles. The number of carbonyl (C=O) groups is 1. The number of rotatable bonds is 7. The van der Waals surface area contributed by atoms with Crippen LogP contribution in [0.1, 0.15) is 16.2 Å². The summed E-state index contributed by atoms with van der Waals surface area (Å²) in [6.07, 6.45) is 1.09. The van der Waals surface area contributed by atoms with Gasteiger partial charge in [-0.05, 0) is 30.3 Å². The van der Waals surface area contributed by atoms with Crippen molar-refractivity contribution in [3.63, 3.8) is 0 Å². The molecule has 0 saturated heterocycles. The molecule has 0 radical (unpaired) electrons. The summed E-state index contributed by atoms with van der Waals surface area (Å²) in [5, 5.41) is 6.59. The zero-order valence-electron chi connectivity index (χ0n) is 16.1. The summed E-state index contributed by atoms with van der Waals surface area (Å²) in [5.41, 5.74) is 1.42. The third-order valence-electron chi connectivity index (χ3n) is 4.17. The molecular weight excluding hydrogens is 396 g/mol. The smallest absolute Gasteiger partial charge is 0.251 e. The van der Waals surface area contributed by atoms with E-state index in [-0.39, 0.29) is 12.4 Å². The van der Waals surface area contributed by atoms with Crippen LogP contribution < -0.4 is 14.4 Å². The average Bonchev–Trinajstić information content (AvgIpc) is 3.20. The number of anilines is 1. The monoisotopic (exact) mass is 416 g/mol. The Morgan fingerprint density at radius 1 is 1.21 bits per heavy atom. The van der Waals surface area contributed by atoms with Crippen LogP contribution in [0.4, 0.5) is 5.69 Å². The molecule has 10 heteroatoms. The van der Waals surface area contributed by atoms with Crippen molar-refractivity contribution < 1.29 is 22.5 Å². The fraction of sp³-hybridized carbons (Fsp3) is 0.211. The Balaban J connectivity index is 1.68. The van der Waals surface area contributed by atoms with Crippen LogP contribution in [-0.4, -0.2) is 44.9 Å². The van der Waals surface area contributed by atoms with Gasteiger partial charge in [0.05, 0.1) is 25.6 Å². The average molecular weight is 416 g/mol. The Bertz CT molecular complexity index is 1130. The number of sulfonamides is 1. The molecule has 152 valence electrons. The molecule has 2 aromatic carbocycles. The molecule has 0 atom stereocenters. The lowest BCUT2D eigenvalue weighted by atomic mass is 10.2. The number of benzene rings is 2. The Kier molecular flexibility index (Phi) is 5.83. The van der Waals surface area contributed by atoms with E-state index in [2.05, 4.69) is 15.5 Å². The number of nitrogens with one attached hydrogen (secondary N) is 1. The predicted molar refractivity (Wildman–Crippen MR) is 107 cm³/mol. The van der Waals surface area contributed by atoms with Gasteiger partial charge in [-0.1, -0.05) is 23.4 Å². The molecule has 3 aromatic rings. The lowest BCUT2D eigenvalue weighted by molar-refractivity contribution is 0.0946. The van der Waals surface area contributed by atoms with E-state index in [1.807, 2.05) is 12.1 Å². The van der Waals surface area contributed by atoms with Crippen molar-refractivity contribution in [2.45, 2.75) is 6.54 Å². The molecule has 9 nitrogen and oxygen atoms in total. The number of aromatic nitrogens is 2. The van der Waals surface area contributed by atoms with Crippen LogP contribution in [0, 0.1) is 0 Å². The Hall–Kier alpha value is -3.40. The van der Waals surface area contributed by atoms with E-state index in [0.717, 1.165) is 16.1 Å². The molecule has 3 rings (SSSR count). The third kappa shape index (κ3) is 4.91. The molecule has 29 heavy (non-hydrogen) atoms. The van der Waals surface area contributed by atoms with Gasteiger partial charge in [0.15, 0.2) is 0 Å². The molecule has 0 bridgehead atoms. The number of hydrogen-bond donors (Lipinski definition) is 1. The standard InChI is InChI=1S/C19H20N4O5S/c1-23(29(3,25)26)15-8-4-7-14(10-15)19(24)20-12-17-21-18(22-28-17)13-6-5-9-16(11-13)27-2/h4-11H,12H2,1-3H3,(H,20,24). The number of ether oxygens (including phenoxy) is 1. The highest BCUT2D eigenvalue weighted by molar-refractivity contribution is 7.92. The van der Waals surface area contributed by atoms with Gasteiger partial charge >= 0.3 is 0 Å². The summed E-state index contributed by atoms with van der Waals surface area (Å²) in [7, 11) is -0.433. The summed E-state index contributed by atoms with van der Waals surface area (Å²) in [6.45, 7) is 0.0297. The highest BCUT2D eigenvalue weighted by Crippen LogP contribution is 2.21. The molecule has 0 aliphatic heterocycles. The maximum absolute atomic E-state index is 12.4. The van der Waals surface area contributed by atoms with Gasteiger partial charge in [0.25, 0.3) is 5.91 Å². The van der Waals surface area contributed by atoms with E-state index >= 15 is 0 Å². The molecule has 1 heterocycles. The molecule has 1 aromatic heterocycles. The van der Waals surface area contributed by atoms with Crippen LogP contribution >= 0.6 is 0 Å². The van der Waals surface area contributed by atoms with E-state index < -0.39 is 15.9 Å². The van der Waals surface area contributed by atoms with Crippen molar-refractivity contribution in [3.8, 4) is 17.1 Å². The first-order valence-electron chi connectivity index (χ1n) is 8.57. The Morgan fingerprint density at radius 3 is 2.69 bits per heavy atom. The van der Waals surface area contributed by atoms with Crippen LogP contribution in [0.2, 0.25) is 0 Å². The SMILES string of the molecule is COc1cccc(-c2noc(CNC(=O)c3cccc(N(C)S(C)(=O)=O)c3)n2)c1. The van der Waals surface area contributed by atoms with Crippen molar-refractivity contribution >= 4 is 21.6 Å². The van der Waals surface area contributed by atoms with E-state index in [9.17, 15) is 13.2 Å². The summed E-state index contributed by atoms with van der Waals surface area (Å²) >= 11 is 0. The highest BCUT2D eigenvalue weighted by atomic mass is 32.2. The van der Waals surface area contributed by atoms with Crippen molar-refractivity contribution in [1.29, 1.82) is 0 Å². The zero-order valence-corrected chi connectivity index (χ0v) is 16.9. The predicted octanol–water partition coefficient (Wildman–Crippen LogP) is 2.07. The van der Waals surface area contributed by atoms with Crippen LogP contribution in [0.3, 0.4) is 0 Å². The number of carbonyl (C=O) groups excluding carboxylic acids is 1. The van der Waals surface area contributed by atoms with Gasteiger partial charge in [-0.2, -0.15) is 4.98 Å². The largest absolute Gasteiger partial charge is 0.497 e. The molecule has 0 saturated carbocycles. The molecule has 1 amide bonds. The van der Waals surface area contributed by atoms with Gasteiger partial charge in [-0.15, -0.1) is 0 Å². The van der Waals surface area contributed by atoms with Gasteiger partial charge in [0.1, 0.15) is 5.75 Å². The van der Waals surface area contributed by atoms with Crippen molar-refractivity contribution in [2.24, 2.45) is 0 Å². The molecule has 0 fully saturated rings. The van der Waals surface area contributed by atoms with Crippen molar-refractivity contribution in [2.75, 3.05) is 24.7 Å². The Morgan fingerprint density at radius 2 is 1.97 bits per heavy atom. The summed E-state index contributed by atoms with van der Waals surface area (Å²) in [6, 6.07) is 13.5. The number of nitrogens with zero attached hydrogens (tertiary/aromatic N) is 3. The molecule has 0 spiro atoms. The topological polar surface area (TPSA) is 115 Å². The third-order valence-corrected chi connectivity index (χ3v) is 5.37. The molecule has 0 aliphatic rings. The van der Waals surface area contributed by atoms with Gasteiger partial charge in [-0.25, -0.2) is 8.42 Å². The first-order valence-corrected chi connectivity index (χ1v) is 10.4. The normalized spacial score (nSPS) is 11.1. The maximum Gasteiger partial charge on any atom is 0.251 e. The number of hydrogen-bond acceptors (Lipinski definition) is 7. The summed E-state index contributed by atoms with van der Waals surface area (Å²) in [4.78, 5) is 16.7. The van der Waals surface area contributed by atoms with E-state index in [1.54, 1.807) is 37.4 Å². The van der Waals surface area contributed by atoms with Crippen molar-refractivity contribution in [3.05, 3.63) is 60.0 Å². The van der Waals surface area contributed by atoms with E-state index in [0.29, 0.717) is 22.8 Å². The second-order valence-corrected chi connectivity index (χ2v) is 8.22. The number of amides is 1. The van der Waals surface area contributed by atoms with E-state index in [4.69, 9.17) is 9.26 Å². The van der Waals surface area contributed by atoms with Crippen molar-refractivity contribution in [1.82, 2.24) is 15.5 Å². The fourth-order valence-electron chi connectivity index (χ4n) is 2.50. The fourth-order valence-corrected chi connectivity index (χ4v) is 3.00. The second kappa shape index (κ2) is 8.31. The highest BCUT2D eigenvalue weighted by Gasteiger charge is 2.15. The van der Waals surface area contributed by atoms with Gasteiger partial charge in [0, 0.05) is 18.2 Å². The first kappa shape index (κ1) is 20.3. The van der Waals surface area contributed by atoms with Crippen LogP contribution in [0.15, 0.2) is 53.1 Å². The van der Waals surface area contributed by atoms with Gasteiger partial charge < -0.3 is 14.6 Å². The molecule has 1 N–H and O–H groups in total. The number of methoxy groups -OCH3 is 1. The minimum Gasteiger partial charge on any atom is -0.497 e.